The van der Waals surface area contributed by atoms with Crippen LogP contribution in [-0.4, -0.2) is 47.4 Å². The molecule has 174 valence electrons. The van der Waals surface area contributed by atoms with Crippen molar-refractivity contribution in [3.63, 3.8) is 0 Å². The molecular weight excluding hydrogens is 431 g/mol. The van der Waals surface area contributed by atoms with Crippen molar-refractivity contribution in [2.45, 2.75) is 32.4 Å². The van der Waals surface area contributed by atoms with E-state index in [1.807, 2.05) is 25.8 Å². The maximum Gasteiger partial charge on any atom is 0.341 e. The highest BCUT2D eigenvalue weighted by molar-refractivity contribution is 5.97. The molecule has 33 heavy (non-hydrogen) atoms. The molecule has 0 radical (unpaired) electrons. The Balaban J connectivity index is 1.59. The third-order valence-electron chi connectivity index (χ3n) is 6.60. The second kappa shape index (κ2) is 7.87. The Kier molecular flexibility index (Phi) is 5.12. The predicted molar refractivity (Wildman–Crippen MR) is 119 cm³/mol. The Hall–Kier alpha value is -3.40. The minimum Gasteiger partial charge on any atom is -0.487 e. The summed E-state index contributed by atoms with van der Waals surface area (Å²) >= 11 is 0. The second-order valence-electron chi connectivity index (χ2n) is 8.75. The van der Waals surface area contributed by atoms with Crippen molar-refractivity contribution in [3.8, 4) is 5.75 Å². The van der Waals surface area contributed by atoms with E-state index < -0.39 is 17.2 Å². The van der Waals surface area contributed by atoms with Crippen molar-refractivity contribution >= 4 is 22.6 Å². The van der Waals surface area contributed by atoms with Gasteiger partial charge >= 0.3 is 5.97 Å². The van der Waals surface area contributed by atoms with E-state index in [1.165, 1.54) is 6.20 Å². The molecular formula is C23H25FN4O5. The highest BCUT2D eigenvalue weighted by Crippen LogP contribution is 2.44. The standard InChI is InChI=1S/C23H25FN4O5/c1-11-10-32-21-18-14(20(29)15(23(30)31)9-28(11)18)6-16(24)19(21)27-5-4-13(8-27)17(25-3)22-26-7-12(2)33-22/h6-7,9,11,13,17,25H,4-5,8,10H2,1-3H3,(H,30,31)/t11-,13?,17?/m0/s1. The average molecular weight is 456 g/mol. The van der Waals surface area contributed by atoms with Crippen molar-refractivity contribution in [2.24, 2.45) is 5.92 Å². The quantitative estimate of drug-likeness (QED) is 0.603. The summed E-state index contributed by atoms with van der Waals surface area (Å²) in [5, 5.41) is 12.7. The van der Waals surface area contributed by atoms with Gasteiger partial charge in [-0.2, -0.15) is 0 Å². The lowest BCUT2D eigenvalue weighted by molar-refractivity contribution is 0.0694. The molecule has 2 aliphatic heterocycles. The van der Waals surface area contributed by atoms with Crippen LogP contribution in [0.3, 0.4) is 0 Å². The number of pyridine rings is 1. The third kappa shape index (κ3) is 3.36. The van der Waals surface area contributed by atoms with Crippen LogP contribution in [0.5, 0.6) is 5.75 Å². The summed E-state index contributed by atoms with van der Waals surface area (Å²) in [7, 11) is 1.84. The molecule has 0 spiro atoms. The van der Waals surface area contributed by atoms with Crippen LogP contribution in [0.25, 0.3) is 10.9 Å². The topological polar surface area (TPSA) is 110 Å². The number of ether oxygens (including phenoxy) is 1. The number of aromatic nitrogens is 2. The van der Waals surface area contributed by atoms with Gasteiger partial charge in [0.15, 0.2) is 11.6 Å². The summed E-state index contributed by atoms with van der Waals surface area (Å²) in [6.07, 6.45) is 3.80. The van der Waals surface area contributed by atoms with Crippen LogP contribution in [0.2, 0.25) is 0 Å². The van der Waals surface area contributed by atoms with Gasteiger partial charge in [0.1, 0.15) is 23.6 Å². The zero-order valence-electron chi connectivity index (χ0n) is 18.6. The van der Waals surface area contributed by atoms with Crippen molar-refractivity contribution in [2.75, 3.05) is 31.6 Å². The Morgan fingerprint density at radius 1 is 1.42 bits per heavy atom. The zero-order chi connectivity index (χ0) is 23.4. The number of hydrogen-bond donors (Lipinski definition) is 2. The van der Waals surface area contributed by atoms with Crippen LogP contribution >= 0.6 is 0 Å². The number of aryl methyl sites for hydroxylation is 1. The minimum absolute atomic E-state index is 0.0109. The molecule has 4 heterocycles. The lowest BCUT2D eigenvalue weighted by Gasteiger charge is -2.31. The molecule has 1 aromatic carbocycles. The van der Waals surface area contributed by atoms with Gasteiger partial charge in [-0.25, -0.2) is 14.2 Å². The van der Waals surface area contributed by atoms with Crippen LogP contribution in [0.1, 0.15) is 47.4 Å². The number of halogens is 1. The molecule has 2 unspecified atom stereocenters. The van der Waals surface area contributed by atoms with Gasteiger partial charge in [-0.05, 0) is 33.4 Å². The van der Waals surface area contributed by atoms with Gasteiger partial charge in [-0.3, -0.25) is 4.79 Å². The number of aromatic carboxylic acids is 1. The van der Waals surface area contributed by atoms with E-state index in [-0.39, 0.29) is 41.3 Å². The Labute approximate surface area is 188 Å². The van der Waals surface area contributed by atoms with Crippen molar-refractivity contribution < 1.29 is 23.4 Å². The van der Waals surface area contributed by atoms with Crippen LogP contribution in [0.4, 0.5) is 10.1 Å². The summed E-state index contributed by atoms with van der Waals surface area (Å²) in [5.74, 6) is -0.210. The molecule has 1 fully saturated rings. The predicted octanol–water partition coefficient (Wildman–Crippen LogP) is 2.88. The van der Waals surface area contributed by atoms with E-state index >= 15 is 4.39 Å². The van der Waals surface area contributed by atoms with E-state index in [1.54, 1.807) is 10.8 Å². The first-order valence-corrected chi connectivity index (χ1v) is 10.9. The van der Waals surface area contributed by atoms with Crippen LogP contribution < -0.4 is 20.4 Å². The fourth-order valence-corrected chi connectivity index (χ4v) is 5.00. The third-order valence-corrected chi connectivity index (χ3v) is 6.60. The van der Waals surface area contributed by atoms with E-state index in [9.17, 15) is 14.7 Å². The molecule has 1 saturated heterocycles. The van der Waals surface area contributed by atoms with E-state index in [4.69, 9.17) is 9.15 Å². The summed E-state index contributed by atoms with van der Waals surface area (Å²) < 4.78 is 28.8. The number of hydrogen-bond acceptors (Lipinski definition) is 7. The summed E-state index contributed by atoms with van der Waals surface area (Å²) in [4.78, 5) is 30.6. The largest absolute Gasteiger partial charge is 0.487 e. The van der Waals surface area contributed by atoms with E-state index in [2.05, 4.69) is 10.3 Å². The van der Waals surface area contributed by atoms with Crippen molar-refractivity contribution in [1.82, 2.24) is 14.9 Å². The molecule has 3 atom stereocenters. The first-order valence-electron chi connectivity index (χ1n) is 10.9. The molecule has 3 aromatic rings. The number of anilines is 1. The Morgan fingerprint density at radius 3 is 2.88 bits per heavy atom. The SMILES string of the molecule is CNC(c1ncc(C)o1)C1CCN(c2c(F)cc3c(=O)c(C(=O)O)cn4c3c2OC[C@@H]4C)C1. The van der Waals surface area contributed by atoms with Crippen molar-refractivity contribution in [3.05, 3.63) is 51.7 Å². The highest BCUT2D eigenvalue weighted by Gasteiger charge is 2.36. The molecule has 0 saturated carbocycles. The monoisotopic (exact) mass is 456 g/mol. The van der Waals surface area contributed by atoms with Crippen LogP contribution in [0, 0.1) is 18.7 Å². The maximum atomic E-state index is 15.5. The van der Waals surface area contributed by atoms with Gasteiger partial charge in [0.25, 0.3) is 0 Å². The van der Waals surface area contributed by atoms with Gasteiger partial charge < -0.3 is 29.0 Å². The molecule has 2 aromatic heterocycles. The lowest BCUT2D eigenvalue weighted by Crippen LogP contribution is -2.31. The normalized spacial score (nSPS) is 20.8. The smallest absolute Gasteiger partial charge is 0.341 e. The second-order valence-corrected chi connectivity index (χ2v) is 8.75. The number of nitrogens with one attached hydrogen (secondary N) is 1. The summed E-state index contributed by atoms with van der Waals surface area (Å²) in [5.41, 5.74) is -0.371. The number of nitrogens with zero attached hydrogens (tertiary/aromatic N) is 3. The van der Waals surface area contributed by atoms with Gasteiger partial charge in [0.2, 0.25) is 11.3 Å². The first kappa shape index (κ1) is 21.4. The van der Waals surface area contributed by atoms with Crippen LogP contribution in [-0.2, 0) is 0 Å². The maximum absolute atomic E-state index is 15.5. The molecule has 10 heteroatoms. The molecule has 2 N–H and O–H groups in total. The Bertz CT molecular complexity index is 1320. The van der Waals surface area contributed by atoms with E-state index in [0.29, 0.717) is 30.2 Å². The Morgan fingerprint density at radius 2 is 2.21 bits per heavy atom. The van der Waals surface area contributed by atoms with Gasteiger partial charge in [-0.15, -0.1) is 0 Å². The molecule has 2 aliphatic rings. The number of carboxylic acid groups (broad SMARTS) is 1. The van der Waals surface area contributed by atoms with Crippen molar-refractivity contribution in [1.29, 1.82) is 0 Å². The molecule has 9 nitrogen and oxygen atoms in total. The summed E-state index contributed by atoms with van der Waals surface area (Å²) in [6, 6.07) is 0.812. The summed E-state index contributed by atoms with van der Waals surface area (Å²) in [6.45, 7) is 5.08. The van der Waals surface area contributed by atoms with Gasteiger partial charge in [0.05, 0.1) is 29.2 Å². The van der Waals surface area contributed by atoms with Gasteiger partial charge in [-0.1, -0.05) is 0 Å². The van der Waals surface area contributed by atoms with Crippen LogP contribution in [0.15, 0.2) is 27.7 Å². The van der Waals surface area contributed by atoms with E-state index in [0.717, 1.165) is 18.2 Å². The first-order chi connectivity index (χ1) is 15.8. The number of carbonyl (C=O) groups is 1. The fourth-order valence-electron chi connectivity index (χ4n) is 5.00. The average Bonchev–Trinajstić information content (AvgIpc) is 3.42. The molecule has 5 rings (SSSR count). The lowest BCUT2D eigenvalue weighted by atomic mass is 9.99. The van der Waals surface area contributed by atoms with Gasteiger partial charge in [0, 0.05) is 25.2 Å². The zero-order valence-corrected chi connectivity index (χ0v) is 18.6. The number of carboxylic acids is 1. The number of oxazole rings is 1. The molecule has 0 bridgehead atoms. The molecule has 0 aliphatic carbocycles. The number of rotatable bonds is 5. The fraction of sp³-hybridized carbons (Fsp3) is 0.435. The highest BCUT2D eigenvalue weighted by atomic mass is 19.1. The number of benzene rings is 1. The minimum atomic E-state index is -1.34. The molecule has 0 amide bonds.